The first-order chi connectivity index (χ1) is 11.5. The average molecular weight is 364 g/mol. The van der Waals surface area contributed by atoms with Crippen molar-refractivity contribution in [3.05, 3.63) is 29.8 Å². The number of amides is 2. The standard InChI is InChI=1S/C17H20N2O3S2/c1-11-5-2-3-7-13(11)18-15(20)9-14-16(21)19(17(23)24-14)10-12-6-4-8-22-12/h2-3,5,7,12,14H,4,6,8-10H2,1H3,(H,18,20). The monoisotopic (exact) mass is 364 g/mol. The Morgan fingerprint density at radius 1 is 1.46 bits per heavy atom. The molecule has 2 aliphatic heterocycles. The first-order valence-corrected chi connectivity index (χ1v) is 9.32. The first kappa shape index (κ1) is 17.4. The van der Waals surface area contributed by atoms with Crippen molar-refractivity contribution < 1.29 is 14.3 Å². The highest BCUT2D eigenvalue weighted by atomic mass is 32.2. The number of nitrogens with one attached hydrogen (secondary N) is 1. The number of rotatable bonds is 5. The van der Waals surface area contributed by atoms with Gasteiger partial charge in [0.05, 0.1) is 17.9 Å². The van der Waals surface area contributed by atoms with E-state index < -0.39 is 5.25 Å². The lowest BCUT2D eigenvalue weighted by molar-refractivity contribution is -0.129. The van der Waals surface area contributed by atoms with Gasteiger partial charge in [0.15, 0.2) is 0 Å². The summed E-state index contributed by atoms with van der Waals surface area (Å²) < 4.78 is 6.12. The molecule has 2 aliphatic rings. The van der Waals surface area contributed by atoms with E-state index >= 15 is 0 Å². The van der Waals surface area contributed by atoms with Crippen molar-refractivity contribution in [3.8, 4) is 0 Å². The van der Waals surface area contributed by atoms with Crippen LogP contribution in [-0.4, -0.2) is 45.5 Å². The van der Waals surface area contributed by atoms with Crippen molar-refractivity contribution in [2.45, 2.75) is 37.5 Å². The summed E-state index contributed by atoms with van der Waals surface area (Å²) in [6.07, 6.45) is 2.16. The normalized spacial score (nSPS) is 23.8. The number of hydrogen-bond donors (Lipinski definition) is 1. The number of hydrogen-bond acceptors (Lipinski definition) is 5. The molecule has 0 spiro atoms. The van der Waals surface area contributed by atoms with Crippen LogP contribution >= 0.6 is 24.0 Å². The highest BCUT2D eigenvalue weighted by molar-refractivity contribution is 8.24. The van der Waals surface area contributed by atoms with Gasteiger partial charge >= 0.3 is 0 Å². The fourth-order valence-electron chi connectivity index (χ4n) is 2.87. The number of ether oxygens (including phenoxy) is 1. The van der Waals surface area contributed by atoms with E-state index in [9.17, 15) is 9.59 Å². The van der Waals surface area contributed by atoms with Gasteiger partial charge in [0.1, 0.15) is 4.32 Å². The molecule has 2 saturated heterocycles. The quantitative estimate of drug-likeness (QED) is 0.814. The second-order valence-corrected chi connectivity index (χ2v) is 7.86. The minimum absolute atomic E-state index is 0.0621. The van der Waals surface area contributed by atoms with Gasteiger partial charge in [0.2, 0.25) is 11.8 Å². The number of anilines is 1. The molecule has 1 N–H and O–H groups in total. The van der Waals surface area contributed by atoms with E-state index in [2.05, 4.69) is 5.32 Å². The maximum Gasteiger partial charge on any atom is 0.242 e. The number of thiocarbonyl (C=S) groups is 1. The highest BCUT2D eigenvalue weighted by Crippen LogP contribution is 2.31. The number of aryl methyl sites for hydroxylation is 1. The number of thioether (sulfide) groups is 1. The van der Waals surface area contributed by atoms with E-state index in [0.717, 1.165) is 30.7 Å². The molecule has 5 nitrogen and oxygen atoms in total. The fourth-order valence-corrected chi connectivity index (χ4v) is 4.38. The van der Waals surface area contributed by atoms with Gasteiger partial charge in [-0.15, -0.1) is 0 Å². The summed E-state index contributed by atoms with van der Waals surface area (Å²) in [4.78, 5) is 26.4. The molecule has 0 aromatic heterocycles. The maximum atomic E-state index is 12.5. The van der Waals surface area contributed by atoms with Gasteiger partial charge in [-0.1, -0.05) is 42.2 Å². The van der Waals surface area contributed by atoms with Crippen LogP contribution in [0.1, 0.15) is 24.8 Å². The zero-order chi connectivity index (χ0) is 17.1. The molecule has 128 valence electrons. The van der Waals surface area contributed by atoms with Crippen LogP contribution in [0.25, 0.3) is 0 Å². The van der Waals surface area contributed by atoms with E-state index in [1.54, 1.807) is 4.90 Å². The van der Waals surface area contributed by atoms with Crippen molar-refractivity contribution in [3.63, 3.8) is 0 Å². The van der Waals surface area contributed by atoms with Crippen molar-refractivity contribution in [2.24, 2.45) is 0 Å². The van der Waals surface area contributed by atoms with Crippen LogP contribution in [0.3, 0.4) is 0 Å². The Bertz CT molecular complexity index is 659. The summed E-state index contributed by atoms with van der Waals surface area (Å²) in [5.41, 5.74) is 1.77. The van der Waals surface area contributed by atoms with Gasteiger partial charge in [0, 0.05) is 18.7 Å². The van der Waals surface area contributed by atoms with Crippen molar-refractivity contribution in [2.75, 3.05) is 18.5 Å². The van der Waals surface area contributed by atoms with E-state index in [4.69, 9.17) is 17.0 Å². The summed E-state index contributed by atoms with van der Waals surface area (Å²) in [5, 5.41) is 2.43. The summed E-state index contributed by atoms with van der Waals surface area (Å²) in [6, 6.07) is 7.58. The third-order valence-electron chi connectivity index (χ3n) is 4.21. The van der Waals surface area contributed by atoms with Gasteiger partial charge in [-0.25, -0.2) is 0 Å². The number of nitrogens with zero attached hydrogens (tertiary/aromatic N) is 1. The second kappa shape index (κ2) is 7.63. The summed E-state index contributed by atoms with van der Waals surface area (Å²) in [5.74, 6) is -0.252. The molecule has 0 saturated carbocycles. The van der Waals surface area contributed by atoms with E-state index in [0.29, 0.717) is 10.9 Å². The molecule has 2 atom stereocenters. The lowest BCUT2D eigenvalue weighted by Crippen LogP contribution is -2.38. The maximum absolute atomic E-state index is 12.5. The average Bonchev–Trinajstić information content (AvgIpc) is 3.14. The van der Waals surface area contributed by atoms with Crippen LogP contribution in [0.5, 0.6) is 0 Å². The molecule has 1 aromatic carbocycles. The molecular weight excluding hydrogens is 344 g/mol. The smallest absolute Gasteiger partial charge is 0.242 e. The molecule has 2 amide bonds. The first-order valence-electron chi connectivity index (χ1n) is 8.03. The molecule has 7 heteroatoms. The Balaban J connectivity index is 1.57. The van der Waals surface area contributed by atoms with Crippen LogP contribution in [-0.2, 0) is 14.3 Å². The lowest BCUT2D eigenvalue weighted by Gasteiger charge is -2.19. The number of carbonyl (C=O) groups excluding carboxylic acids is 2. The van der Waals surface area contributed by atoms with Crippen LogP contribution in [0, 0.1) is 6.92 Å². The molecular formula is C17H20N2O3S2. The number of carbonyl (C=O) groups is 2. The van der Waals surface area contributed by atoms with Crippen LogP contribution in [0.15, 0.2) is 24.3 Å². The minimum Gasteiger partial charge on any atom is -0.376 e. The SMILES string of the molecule is Cc1ccccc1NC(=O)CC1SC(=S)N(CC2CCCO2)C1=O. The third kappa shape index (κ3) is 3.96. The predicted molar refractivity (Wildman–Crippen MR) is 99.1 cm³/mol. The predicted octanol–water partition coefficient (Wildman–Crippen LogP) is 2.73. The Kier molecular flexibility index (Phi) is 5.53. The Morgan fingerprint density at radius 3 is 2.96 bits per heavy atom. The topological polar surface area (TPSA) is 58.6 Å². The van der Waals surface area contributed by atoms with Crippen LogP contribution in [0.2, 0.25) is 0 Å². The molecule has 0 aliphatic carbocycles. The summed E-state index contributed by atoms with van der Waals surface area (Å²) in [6.45, 7) is 3.18. The van der Waals surface area contributed by atoms with E-state index in [-0.39, 0.29) is 24.3 Å². The van der Waals surface area contributed by atoms with Gasteiger partial charge in [-0.2, -0.15) is 0 Å². The van der Waals surface area contributed by atoms with Gasteiger partial charge in [0.25, 0.3) is 0 Å². The molecule has 2 fully saturated rings. The van der Waals surface area contributed by atoms with Gasteiger partial charge in [-0.3, -0.25) is 14.5 Å². The highest BCUT2D eigenvalue weighted by Gasteiger charge is 2.39. The number of benzene rings is 1. The molecule has 3 rings (SSSR count). The van der Waals surface area contributed by atoms with Crippen molar-refractivity contribution in [1.82, 2.24) is 4.90 Å². The largest absolute Gasteiger partial charge is 0.376 e. The van der Waals surface area contributed by atoms with Gasteiger partial charge in [-0.05, 0) is 31.4 Å². The van der Waals surface area contributed by atoms with E-state index in [1.165, 1.54) is 11.8 Å². The van der Waals surface area contributed by atoms with Crippen molar-refractivity contribution in [1.29, 1.82) is 0 Å². The summed E-state index contributed by atoms with van der Waals surface area (Å²) in [7, 11) is 0. The zero-order valence-corrected chi connectivity index (χ0v) is 15.1. The Morgan fingerprint density at radius 2 is 2.25 bits per heavy atom. The Hall–Kier alpha value is -1.44. The fraction of sp³-hybridized carbons (Fsp3) is 0.471. The van der Waals surface area contributed by atoms with E-state index in [1.807, 2.05) is 31.2 Å². The zero-order valence-electron chi connectivity index (χ0n) is 13.5. The Labute approximate surface area is 151 Å². The van der Waals surface area contributed by atoms with Gasteiger partial charge < -0.3 is 10.1 Å². The van der Waals surface area contributed by atoms with Crippen LogP contribution in [0.4, 0.5) is 5.69 Å². The number of para-hydroxylation sites is 1. The molecule has 2 unspecified atom stereocenters. The third-order valence-corrected chi connectivity index (χ3v) is 5.79. The summed E-state index contributed by atoms with van der Waals surface area (Å²) >= 11 is 6.61. The molecule has 1 aromatic rings. The van der Waals surface area contributed by atoms with Crippen molar-refractivity contribution >= 4 is 45.8 Å². The minimum atomic E-state index is -0.442. The molecule has 2 heterocycles. The second-order valence-electron chi connectivity index (χ2n) is 6.02. The molecule has 0 bridgehead atoms. The lowest BCUT2D eigenvalue weighted by atomic mass is 10.2. The molecule has 0 radical (unpaired) electrons. The molecule has 24 heavy (non-hydrogen) atoms. The van der Waals surface area contributed by atoms with Crippen LogP contribution < -0.4 is 5.32 Å².